The van der Waals surface area contributed by atoms with Gasteiger partial charge in [0.1, 0.15) is 6.04 Å². The number of para-hydroxylation sites is 1. The Morgan fingerprint density at radius 3 is 2.95 bits per heavy atom. The lowest BCUT2D eigenvalue weighted by molar-refractivity contribution is -0.136. The van der Waals surface area contributed by atoms with Crippen molar-refractivity contribution < 1.29 is 9.59 Å². The number of fused-ring (bicyclic) bond motifs is 1. The van der Waals surface area contributed by atoms with Crippen LogP contribution in [-0.2, 0) is 16.0 Å². The van der Waals surface area contributed by atoms with Crippen LogP contribution in [-0.4, -0.2) is 34.3 Å². The van der Waals surface area contributed by atoms with Gasteiger partial charge in [-0.2, -0.15) is 0 Å². The molecule has 1 unspecified atom stereocenters. The van der Waals surface area contributed by atoms with Crippen LogP contribution in [0.4, 0.5) is 0 Å². The van der Waals surface area contributed by atoms with E-state index in [-0.39, 0.29) is 5.91 Å². The van der Waals surface area contributed by atoms with Gasteiger partial charge in [-0.1, -0.05) is 18.2 Å². The molecule has 2 amide bonds. The maximum absolute atomic E-state index is 12.4. The Morgan fingerprint density at radius 1 is 1.35 bits per heavy atom. The predicted molar refractivity (Wildman–Crippen MR) is 75.9 cm³/mol. The molecule has 5 nitrogen and oxygen atoms in total. The van der Waals surface area contributed by atoms with Crippen LogP contribution < -0.4 is 5.73 Å². The number of benzene rings is 1. The Kier molecular flexibility index (Phi) is 3.18. The second-order valence-corrected chi connectivity index (χ2v) is 5.18. The van der Waals surface area contributed by atoms with Gasteiger partial charge < -0.3 is 15.6 Å². The van der Waals surface area contributed by atoms with Crippen molar-refractivity contribution >= 4 is 22.7 Å². The number of nitrogens with two attached hydrogens (primary N) is 1. The number of primary amides is 1. The van der Waals surface area contributed by atoms with Crippen LogP contribution in [0.1, 0.15) is 18.4 Å². The summed E-state index contributed by atoms with van der Waals surface area (Å²) in [5.74, 6) is -0.439. The summed E-state index contributed by atoms with van der Waals surface area (Å²) in [5, 5.41) is 1.05. The van der Waals surface area contributed by atoms with E-state index in [0.29, 0.717) is 19.4 Å². The number of carbonyl (C=O) groups excluding carboxylic acids is 2. The minimum absolute atomic E-state index is 0.0314. The minimum atomic E-state index is -0.437. The van der Waals surface area contributed by atoms with Gasteiger partial charge in [0.05, 0.1) is 6.42 Å². The van der Waals surface area contributed by atoms with Crippen LogP contribution in [0.2, 0.25) is 0 Å². The second-order valence-electron chi connectivity index (χ2n) is 5.18. The Balaban J connectivity index is 1.80. The molecule has 5 heteroatoms. The van der Waals surface area contributed by atoms with Crippen molar-refractivity contribution in [1.82, 2.24) is 9.88 Å². The third-order valence-electron chi connectivity index (χ3n) is 3.92. The number of nitrogens with one attached hydrogen (secondary N) is 1. The quantitative estimate of drug-likeness (QED) is 0.879. The lowest BCUT2D eigenvalue weighted by Crippen LogP contribution is -2.44. The van der Waals surface area contributed by atoms with Crippen LogP contribution in [0.3, 0.4) is 0 Å². The van der Waals surface area contributed by atoms with E-state index < -0.39 is 11.9 Å². The average Bonchev–Trinajstić information content (AvgIpc) is 3.06. The maximum Gasteiger partial charge on any atom is 0.240 e. The monoisotopic (exact) mass is 271 g/mol. The molecule has 20 heavy (non-hydrogen) atoms. The highest BCUT2D eigenvalue weighted by Gasteiger charge is 2.32. The van der Waals surface area contributed by atoms with Gasteiger partial charge >= 0.3 is 0 Å². The number of nitrogens with zero attached hydrogens (tertiary/aromatic N) is 1. The average molecular weight is 271 g/mol. The van der Waals surface area contributed by atoms with Crippen molar-refractivity contribution in [1.29, 1.82) is 0 Å². The highest BCUT2D eigenvalue weighted by molar-refractivity contribution is 5.91. The smallest absolute Gasteiger partial charge is 0.240 e. The summed E-state index contributed by atoms with van der Waals surface area (Å²) in [4.78, 5) is 28.5. The normalized spacial score (nSPS) is 18.6. The van der Waals surface area contributed by atoms with Crippen molar-refractivity contribution in [2.45, 2.75) is 25.3 Å². The van der Waals surface area contributed by atoms with Crippen LogP contribution in [0.15, 0.2) is 30.5 Å². The zero-order valence-electron chi connectivity index (χ0n) is 11.1. The van der Waals surface area contributed by atoms with E-state index in [0.717, 1.165) is 22.9 Å². The van der Waals surface area contributed by atoms with E-state index in [1.54, 1.807) is 4.90 Å². The summed E-state index contributed by atoms with van der Waals surface area (Å²) < 4.78 is 0. The van der Waals surface area contributed by atoms with Gasteiger partial charge in [-0.05, 0) is 24.5 Å². The predicted octanol–water partition coefficient (Wildman–Crippen LogP) is 1.19. The molecule has 3 N–H and O–H groups in total. The van der Waals surface area contributed by atoms with Gasteiger partial charge in [-0.25, -0.2) is 0 Å². The van der Waals surface area contributed by atoms with Gasteiger partial charge in [-0.15, -0.1) is 0 Å². The Hall–Kier alpha value is -2.30. The molecule has 2 aromatic rings. The van der Waals surface area contributed by atoms with Gasteiger partial charge in [0.25, 0.3) is 0 Å². The number of carbonyl (C=O) groups is 2. The van der Waals surface area contributed by atoms with Gasteiger partial charge in [0, 0.05) is 23.6 Å². The van der Waals surface area contributed by atoms with E-state index in [1.807, 2.05) is 30.5 Å². The number of hydrogen-bond donors (Lipinski definition) is 2. The molecule has 1 fully saturated rings. The van der Waals surface area contributed by atoms with E-state index in [9.17, 15) is 9.59 Å². The van der Waals surface area contributed by atoms with Crippen LogP contribution >= 0.6 is 0 Å². The Bertz CT molecular complexity index is 662. The molecule has 104 valence electrons. The second kappa shape index (κ2) is 5.00. The molecule has 0 aliphatic carbocycles. The molecule has 1 atom stereocenters. The molecule has 0 radical (unpaired) electrons. The zero-order valence-corrected chi connectivity index (χ0v) is 11.1. The zero-order chi connectivity index (χ0) is 14.1. The summed E-state index contributed by atoms with van der Waals surface area (Å²) in [6.07, 6.45) is 3.67. The lowest BCUT2D eigenvalue weighted by Gasteiger charge is -2.22. The van der Waals surface area contributed by atoms with Crippen molar-refractivity contribution in [3.05, 3.63) is 36.0 Å². The molecule has 3 rings (SSSR count). The van der Waals surface area contributed by atoms with Crippen molar-refractivity contribution in [3.63, 3.8) is 0 Å². The largest absolute Gasteiger partial charge is 0.368 e. The molecule has 1 aromatic heterocycles. The third-order valence-corrected chi connectivity index (χ3v) is 3.92. The molecule has 2 heterocycles. The number of likely N-dealkylation sites (tertiary alicyclic amines) is 1. The minimum Gasteiger partial charge on any atom is -0.368 e. The Labute approximate surface area is 116 Å². The SMILES string of the molecule is NC(=O)C1CCCN1C(=O)Cc1c[nH]c2ccccc12. The maximum atomic E-state index is 12.4. The molecular weight excluding hydrogens is 254 g/mol. The third kappa shape index (κ3) is 2.15. The highest BCUT2D eigenvalue weighted by Crippen LogP contribution is 2.22. The molecule has 0 saturated carbocycles. The standard InChI is InChI=1S/C15H17N3O2/c16-15(20)13-6-3-7-18(13)14(19)8-10-9-17-12-5-2-1-4-11(10)12/h1-2,4-5,9,13,17H,3,6-8H2,(H2,16,20). The number of amides is 2. The van der Waals surface area contributed by atoms with E-state index in [1.165, 1.54) is 0 Å². The highest BCUT2D eigenvalue weighted by atomic mass is 16.2. The summed E-state index contributed by atoms with van der Waals surface area (Å²) in [7, 11) is 0. The fourth-order valence-corrected chi connectivity index (χ4v) is 2.90. The fraction of sp³-hybridized carbons (Fsp3) is 0.333. The number of aromatic amines is 1. The molecule has 0 bridgehead atoms. The first-order valence-corrected chi connectivity index (χ1v) is 6.80. The molecule has 1 aromatic carbocycles. The van der Waals surface area contributed by atoms with E-state index in [2.05, 4.69) is 4.98 Å². The summed E-state index contributed by atoms with van der Waals surface area (Å²) in [6.45, 7) is 0.620. The van der Waals surface area contributed by atoms with Crippen LogP contribution in [0, 0.1) is 0 Å². The van der Waals surface area contributed by atoms with Crippen LogP contribution in [0.5, 0.6) is 0 Å². The van der Waals surface area contributed by atoms with Crippen molar-refractivity contribution in [2.24, 2.45) is 5.73 Å². The lowest BCUT2D eigenvalue weighted by atomic mass is 10.1. The fourth-order valence-electron chi connectivity index (χ4n) is 2.90. The number of aromatic nitrogens is 1. The first kappa shape index (κ1) is 12.7. The Morgan fingerprint density at radius 2 is 2.15 bits per heavy atom. The van der Waals surface area contributed by atoms with Gasteiger partial charge in [0.15, 0.2) is 0 Å². The molecule has 0 spiro atoms. The molecule has 1 aliphatic rings. The topological polar surface area (TPSA) is 79.2 Å². The molecule has 1 saturated heterocycles. The van der Waals surface area contributed by atoms with Crippen molar-refractivity contribution in [2.75, 3.05) is 6.54 Å². The van der Waals surface area contributed by atoms with Gasteiger partial charge in [-0.3, -0.25) is 9.59 Å². The summed E-state index contributed by atoms with van der Waals surface area (Å²) >= 11 is 0. The molecular formula is C15H17N3O2. The van der Waals surface area contributed by atoms with E-state index >= 15 is 0 Å². The summed E-state index contributed by atoms with van der Waals surface area (Å²) in [6, 6.07) is 7.43. The van der Waals surface area contributed by atoms with Crippen LogP contribution in [0.25, 0.3) is 10.9 Å². The number of rotatable bonds is 3. The first-order chi connectivity index (χ1) is 9.66. The summed E-state index contributed by atoms with van der Waals surface area (Å²) in [5.41, 5.74) is 7.33. The molecule has 1 aliphatic heterocycles. The van der Waals surface area contributed by atoms with Gasteiger partial charge in [0.2, 0.25) is 11.8 Å². The van der Waals surface area contributed by atoms with Crippen molar-refractivity contribution in [3.8, 4) is 0 Å². The number of hydrogen-bond acceptors (Lipinski definition) is 2. The number of H-pyrrole nitrogens is 1. The van der Waals surface area contributed by atoms with E-state index in [4.69, 9.17) is 5.73 Å². The first-order valence-electron chi connectivity index (χ1n) is 6.80.